The zero-order valence-electron chi connectivity index (χ0n) is 12.4. The van der Waals surface area contributed by atoms with E-state index < -0.39 is 0 Å². The minimum atomic E-state index is 1.03. The second kappa shape index (κ2) is 19.7. The second-order valence-corrected chi connectivity index (χ2v) is 2.91. The summed E-state index contributed by atoms with van der Waals surface area (Å²) in [6.45, 7) is 17.3. The lowest BCUT2D eigenvalue weighted by Gasteiger charge is -2.00. The molecular weight excluding hydrogens is 194 g/mol. The lowest BCUT2D eigenvalue weighted by Crippen LogP contribution is -2.01. The van der Waals surface area contributed by atoms with Crippen LogP contribution in [0.2, 0.25) is 0 Å². The van der Waals surface area contributed by atoms with E-state index in [1.54, 1.807) is 0 Å². The van der Waals surface area contributed by atoms with Crippen LogP contribution in [0.4, 0.5) is 0 Å². The van der Waals surface area contributed by atoms with Crippen molar-refractivity contribution in [1.29, 1.82) is 0 Å². The molecule has 1 N–H and O–H groups in total. The molecule has 0 aromatic carbocycles. The van der Waals surface area contributed by atoms with Gasteiger partial charge in [-0.2, -0.15) is 0 Å². The van der Waals surface area contributed by atoms with Crippen LogP contribution < -0.4 is 5.32 Å². The SMILES string of the molecule is C=C(CC)C(/C=C\C)=C/C.CC.CCNC. The molecule has 0 atom stereocenters. The Balaban J connectivity index is -0.000000237. The lowest BCUT2D eigenvalue weighted by molar-refractivity contribution is 0.864. The van der Waals surface area contributed by atoms with E-state index in [4.69, 9.17) is 0 Å². The van der Waals surface area contributed by atoms with Crippen molar-refractivity contribution in [3.63, 3.8) is 0 Å². The van der Waals surface area contributed by atoms with E-state index >= 15 is 0 Å². The lowest BCUT2D eigenvalue weighted by atomic mass is 10.1. The van der Waals surface area contributed by atoms with Crippen LogP contribution in [0, 0.1) is 0 Å². The standard InChI is InChI=1S/C10H16.C3H9N.C2H6/c1-5-8-10(7-3)9(4)6-2;1-3-4-2;1-2/h5,7-8H,4,6H2,1-3H3;4H,3H2,1-2H3;1-2H3/b8-5-,10-7+;;. The predicted octanol–water partition coefficient (Wildman–Crippen LogP) is 4.73. The average Bonchev–Trinajstić information content (AvgIpc) is 2.37. The Hall–Kier alpha value is -0.820. The predicted molar refractivity (Wildman–Crippen MR) is 79.0 cm³/mol. The zero-order chi connectivity index (χ0) is 13.4. The van der Waals surface area contributed by atoms with Crippen LogP contribution in [0.15, 0.2) is 36.0 Å². The summed E-state index contributed by atoms with van der Waals surface area (Å²) >= 11 is 0. The average molecular weight is 225 g/mol. The third-order valence-electron chi connectivity index (χ3n) is 1.85. The largest absolute Gasteiger partial charge is 0.320 e. The molecule has 0 aromatic heterocycles. The summed E-state index contributed by atoms with van der Waals surface area (Å²) in [6, 6.07) is 0. The molecule has 0 aliphatic carbocycles. The highest BCUT2D eigenvalue weighted by atomic mass is 14.8. The van der Waals surface area contributed by atoms with Gasteiger partial charge in [0.15, 0.2) is 0 Å². The highest BCUT2D eigenvalue weighted by Crippen LogP contribution is 2.11. The van der Waals surface area contributed by atoms with Crippen LogP contribution in [0.1, 0.15) is 48.0 Å². The van der Waals surface area contributed by atoms with Crippen LogP contribution in [0.5, 0.6) is 0 Å². The number of allylic oxidation sites excluding steroid dienone is 5. The number of rotatable bonds is 4. The molecule has 96 valence electrons. The van der Waals surface area contributed by atoms with E-state index in [-0.39, 0.29) is 0 Å². The van der Waals surface area contributed by atoms with Crippen LogP contribution in [-0.2, 0) is 0 Å². The van der Waals surface area contributed by atoms with Gasteiger partial charge in [0.25, 0.3) is 0 Å². The highest BCUT2D eigenvalue weighted by Gasteiger charge is 1.92. The van der Waals surface area contributed by atoms with Crippen molar-refractivity contribution >= 4 is 0 Å². The molecule has 0 saturated carbocycles. The molecule has 0 radical (unpaired) electrons. The van der Waals surface area contributed by atoms with Crippen LogP contribution in [0.3, 0.4) is 0 Å². The fourth-order valence-corrected chi connectivity index (χ4v) is 0.802. The first-order valence-electron chi connectivity index (χ1n) is 6.29. The van der Waals surface area contributed by atoms with Gasteiger partial charge in [-0.05, 0) is 45.0 Å². The maximum Gasteiger partial charge on any atom is -0.00804 e. The van der Waals surface area contributed by atoms with E-state index in [2.05, 4.69) is 37.9 Å². The smallest absolute Gasteiger partial charge is 0.00804 e. The van der Waals surface area contributed by atoms with E-state index in [9.17, 15) is 0 Å². The number of hydrogen-bond donors (Lipinski definition) is 1. The minimum Gasteiger partial charge on any atom is -0.320 e. The third-order valence-corrected chi connectivity index (χ3v) is 1.85. The second-order valence-electron chi connectivity index (χ2n) is 2.91. The molecule has 0 fully saturated rings. The Morgan fingerprint density at radius 2 is 1.62 bits per heavy atom. The minimum absolute atomic E-state index is 1.03. The summed E-state index contributed by atoms with van der Waals surface area (Å²) in [5.74, 6) is 0. The van der Waals surface area contributed by atoms with Crippen molar-refractivity contribution in [3.05, 3.63) is 36.0 Å². The summed E-state index contributed by atoms with van der Waals surface area (Å²) < 4.78 is 0. The first-order chi connectivity index (χ1) is 7.67. The Kier molecular flexibility index (Phi) is 25.3. The van der Waals surface area contributed by atoms with Gasteiger partial charge in [-0.3, -0.25) is 0 Å². The third kappa shape index (κ3) is 15.6. The Morgan fingerprint density at radius 3 is 1.81 bits per heavy atom. The zero-order valence-corrected chi connectivity index (χ0v) is 12.4. The van der Waals surface area contributed by atoms with Gasteiger partial charge in [-0.1, -0.05) is 52.5 Å². The number of hydrogen-bond acceptors (Lipinski definition) is 1. The van der Waals surface area contributed by atoms with Gasteiger partial charge >= 0.3 is 0 Å². The molecule has 0 spiro atoms. The summed E-state index contributed by atoms with van der Waals surface area (Å²) in [4.78, 5) is 0. The quantitative estimate of drug-likeness (QED) is 0.682. The van der Waals surface area contributed by atoms with Crippen molar-refractivity contribution in [1.82, 2.24) is 5.32 Å². The fourth-order valence-electron chi connectivity index (χ4n) is 0.802. The van der Waals surface area contributed by atoms with Gasteiger partial charge in [0, 0.05) is 0 Å². The van der Waals surface area contributed by atoms with Gasteiger partial charge in [0.2, 0.25) is 0 Å². The van der Waals surface area contributed by atoms with Gasteiger partial charge < -0.3 is 5.32 Å². The van der Waals surface area contributed by atoms with Crippen LogP contribution in [-0.4, -0.2) is 13.6 Å². The van der Waals surface area contributed by atoms with Crippen molar-refractivity contribution in [2.75, 3.05) is 13.6 Å². The van der Waals surface area contributed by atoms with E-state index in [1.165, 1.54) is 11.1 Å². The summed E-state index contributed by atoms with van der Waals surface area (Å²) in [7, 11) is 1.93. The van der Waals surface area contributed by atoms with Gasteiger partial charge in [-0.15, -0.1) is 0 Å². The highest BCUT2D eigenvalue weighted by molar-refractivity contribution is 5.36. The van der Waals surface area contributed by atoms with E-state index in [1.807, 2.05) is 40.8 Å². The molecule has 0 heterocycles. The van der Waals surface area contributed by atoms with Crippen LogP contribution in [0.25, 0.3) is 0 Å². The molecule has 0 rings (SSSR count). The molecular formula is C15H31N. The maximum atomic E-state index is 3.94. The van der Waals surface area contributed by atoms with Gasteiger partial charge in [0.1, 0.15) is 0 Å². The molecule has 0 amide bonds. The molecule has 0 aliphatic rings. The van der Waals surface area contributed by atoms with Crippen LogP contribution >= 0.6 is 0 Å². The van der Waals surface area contributed by atoms with Gasteiger partial charge in [0.05, 0.1) is 0 Å². The van der Waals surface area contributed by atoms with E-state index in [0.717, 1.165) is 13.0 Å². The molecule has 0 unspecified atom stereocenters. The molecule has 0 aliphatic heterocycles. The Bertz CT molecular complexity index is 186. The first kappa shape index (κ1) is 20.6. The van der Waals surface area contributed by atoms with Gasteiger partial charge in [-0.25, -0.2) is 0 Å². The molecule has 0 bridgehead atoms. The first-order valence-corrected chi connectivity index (χ1v) is 6.29. The van der Waals surface area contributed by atoms with Crippen molar-refractivity contribution in [3.8, 4) is 0 Å². The molecule has 16 heavy (non-hydrogen) atoms. The summed E-state index contributed by atoms with van der Waals surface area (Å²) in [5.41, 5.74) is 2.46. The molecule has 1 heteroatoms. The topological polar surface area (TPSA) is 12.0 Å². The van der Waals surface area contributed by atoms with E-state index in [0.29, 0.717) is 0 Å². The molecule has 0 aromatic rings. The molecule has 1 nitrogen and oxygen atoms in total. The summed E-state index contributed by atoms with van der Waals surface area (Å²) in [5, 5.41) is 2.93. The number of nitrogens with one attached hydrogen (secondary N) is 1. The fraction of sp³-hybridized carbons (Fsp3) is 0.600. The molecule has 0 saturated heterocycles. The Labute approximate surface area is 103 Å². The Morgan fingerprint density at radius 1 is 1.19 bits per heavy atom. The van der Waals surface area contributed by atoms with Crippen molar-refractivity contribution in [2.24, 2.45) is 0 Å². The van der Waals surface area contributed by atoms with Crippen molar-refractivity contribution < 1.29 is 0 Å². The monoisotopic (exact) mass is 225 g/mol. The normalized spacial score (nSPS) is 10.1. The maximum absolute atomic E-state index is 3.94. The van der Waals surface area contributed by atoms with Crippen molar-refractivity contribution in [2.45, 2.75) is 48.0 Å². The summed E-state index contributed by atoms with van der Waals surface area (Å²) in [6.07, 6.45) is 7.25.